The largest absolute Gasteiger partial charge is 0.370 e. The van der Waals surface area contributed by atoms with Crippen molar-refractivity contribution in [2.75, 3.05) is 7.11 Å². The molecule has 0 saturated carbocycles. The maximum absolute atomic E-state index is 5.57. The highest BCUT2D eigenvalue weighted by Crippen LogP contribution is 2.28. The molecule has 0 fully saturated rings. The molecule has 0 aliphatic carbocycles. The first-order valence-corrected chi connectivity index (χ1v) is 5.31. The Balaban J connectivity index is 2.49. The van der Waals surface area contributed by atoms with E-state index in [0.29, 0.717) is 0 Å². The van der Waals surface area contributed by atoms with Crippen LogP contribution in [0.3, 0.4) is 0 Å². The van der Waals surface area contributed by atoms with E-state index in [1.807, 2.05) is 0 Å². The minimum atomic E-state index is -0.0660. The van der Waals surface area contributed by atoms with E-state index in [9.17, 15) is 0 Å². The van der Waals surface area contributed by atoms with Gasteiger partial charge in [0.2, 0.25) is 0 Å². The van der Waals surface area contributed by atoms with Crippen LogP contribution in [0.15, 0.2) is 30.7 Å². The molecule has 0 aliphatic heterocycles. The van der Waals surface area contributed by atoms with Gasteiger partial charge in [-0.15, -0.1) is 0 Å². The third-order valence-electron chi connectivity index (χ3n) is 2.84. The molecule has 0 radical (unpaired) electrons. The monoisotopic (exact) mass is 216 g/mol. The highest BCUT2D eigenvalue weighted by molar-refractivity contribution is 5.38. The van der Waals surface area contributed by atoms with Crippen molar-refractivity contribution in [2.45, 2.75) is 20.0 Å². The summed E-state index contributed by atoms with van der Waals surface area (Å²) in [7, 11) is 1.72. The Kier molecular flexibility index (Phi) is 3.06. The van der Waals surface area contributed by atoms with Crippen LogP contribution in [0.5, 0.6) is 0 Å². The van der Waals surface area contributed by atoms with Crippen LogP contribution >= 0.6 is 0 Å². The normalized spacial score (nSPS) is 12.7. The Hall–Kier alpha value is -1.61. The average molecular weight is 216 g/mol. The van der Waals surface area contributed by atoms with E-state index in [1.54, 1.807) is 19.6 Å². The number of methoxy groups -OCH3 is 1. The van der Waals surface area contributed by atoms with Gasteiger partial charge in [-0.3, -0.25) is 0 Å². The lowest BCUT2D eigenvalue weighted by Gasteiger charge is -2.18. The Morgan fingerprint density at radius 1 is 1.25 bits per heavy atom. The summed E-state index contributed by atoms with van der Waals surface area (Å²) in [6, 6.07) is 6.27. The van der Waals surface area contributed by atoms with Crippen molar-refractivity contribution in [3.05, 3.63) is 53.1 Å². The molecule has 3 heteroatoms. The first kappa shape index (κ1) is 10.9. The fraction of sp³-hybridized carbons (Fsp3) is 0.308. The minimum absolute atomic E-state index is 0.0660. The van der Waals surface area contributed by atoms with Crippen LogP contribution < -0.4 is 0 Å². The molecule has 0 spiro atoms. The van der Waals surface area contributed by atoms with Gasteiger partial charge in [-0.25, -0.2) is 4.98 Å². The van der Waals surface area contributed by atoms with Gasteiger partial charge in [-0.1, -0.05) is 18.2 Å². The molecular formula is C13H16N2O. The summed E-state index contributed by atoms with van der Waals surface area (Å²) in [4.78, 5) is 7.15. The van der Waals surface area contributed by atoms with Crippen LogP contribution in [0.2, 0.25) is 0 Å². The lowest BCUT2D eigenvalue weighted by molar-refractivity contribution is 0.132. The van der Waals surface area contributed by atoms with E-state index in [2.05, 4.69) is 42.0 Å². The molecule has 1 aromatic heterocycles. The zero-order chi connectivity index (χ0) is 11.5. The summed E-state index contributed by atoms with van der Waals surface area (Å²) in [6.07, 6.45) is 3.42. The number of H-pyrrole nitrogens is 1. The second kappa shape index (κ2) is 4.49. The number of hydrogen-bond donors (Lipinski definition) is 1. The number of ether oxygens (including phenoxy) is 1. The third kappa shape index (κ3) is 1.86. The minimum Gasteiger partial charge on any atom is -0.370 e. The average Bonchev–Trinajstić information content (AvgIpc) is 2.77. The first-order chi connectivity index (χ1) is 7.74. The number of hydrogen-bond acceptors (Lipinski definition) is 2. The van der Waals surface area contributed by atoms with Gasteiger partial charge in [0.05, 0.1) is 18.2 Å². The van der Waals surface area contributed by atoms with Crippen molar-refractivity contribution < 1.29 is 4.74 Å². The molecule has 0 saturated heterocycles. The van der Waals surface area contributed by atoms with Gasteiger partial charge in [0, 0.05) is 7.11 Å². The van der Waals surface area contributed by atoms with Gasteiger partial charge in [0.25, 0.3) is 0 Å². The summed E-state index contributed by atoms with van der Waals surface area (Å²) in [6.45, 7) is 4.20. The summed E-state index contributed by atoms with van der Waals surface area (Å²) in [5.74, 6) is 0. The molecule has 2 aromatic rings. The Morgan fingerprint density at radius 2 is 1.94 bits per heavy atom. The SMILES string of the molecule is COC(c1cnc[nH]1)c1c(C)cccc1C. The van der Waals surface area contributed by atoms with Crippen LogP contribution in [-0.4, -0.2) is 17.1 Å². The molecule has 1 N–H and O–H groups in total. The molecular weight excluding hydrogens is 200 g/mol. The zero-order valence-corrected chi connectivity index (χ0v) is 9.82. The molecule has 84 valence electrons. The highest BCUT2D eigenvalue weighted by Gasteiger charge is 2.18. The van der Waals surface area contributed by atoms with Gasteiger partial charge >= 0.3 is 0 Å². The van der Waals surface area contributed by atoms with Crippen molar-refractivity contribution >= 4 is 0 Å². The Labute approximate surface area is 95.5 Å². The maximum atomic E-state index is 5.57. The molecule has 16 heavy (non-hydrogen) atoms. The molecule has 1 heterocycles. The molecule has 1 aromatic carbocycles. The number of aromatic amines is 1. The maximum Gasteiger partial charge on any atom is 0.124 e. The molecule has 1 atom stereocenters. The van der Waals surface area contributed by atoms with Crippen LogP contribution in [0.4, 0.5) is 0 Å². The quantitative estimate of drug-likeness (QED) is 0.856. The van der Waals surface area contributed by atoms with Crippen molar-refractivity contribution in [3.8, 4) is 0 Å². The van der Waals surface area contributed by atoms with Gasteiger partial charge in [0.1, 0.15) is 6.10 Å². The van der Waals surface area contributed by atoms with Gasteiger partial charge in [-0.2, -0.15) is 0 Å². The third-order valence-corrected chi connectivity index (χ3v) is 2.84. The predicted octanol–water partition coefficient (Wildman–Crippen LogP) is 2.76. The second-order valence-electron chi connectivity index (χ2n) is 3.93. The lowest BCUT2D eigenvalue weighted by Crippen LogP contribution is -2.07. The number of nitrogens with zero attached hydrogens (tertiary/aromatic N) is 1. The molecule has 2 rings (SSSR count). The fourth-order valence-electron chi connectivity index (χ4n) is 2.05. The van der Waals surface area contributed by atoms with E-state index in [1.165, 1.54) is 16.7 Å². The highest BCUT2D eigenvalue weighted by atomic mass is 16.5. The van der Waals surface area contributed by atoms with Crippen LogP contribution in [0, 0.1) is 13.8 Å². The number of aromatic nitrogens is 2. The number of imidazole rings is 1. The predicted molar refractivity (Wildman–Crippen MR) is 63.4 cm³/mol. The van der Waals surface area contributed by atoms with Gasteiger partial charge in [0.15, 0.2) is 0 Å². The summed E-state index contributed by atoms with van der Waals surface area (Å²) in [5, 5.41) is 0. The van der Waals surface area contributed by atoms with E-state index < -0.39 is 0 Å². The molecule has 3 nitrogen and oxygen atoms in total. The van der Waals surface area contributed by atoms with Crippen LogP contribution in [0.25, 0.3) is 0 Å². The summed E-state index contributed by atoms with van der Waals surface area (Å²) < 4.78 is 5.57. The van der Waals surface area contributed by atoms with Gasteiger partial charge < -0.3 is 9.72 Å². The molecule has 0 bridgehead atoms. The van der Waals surface area contributed by atoms with Crippen molar-refractivity contribution in [1.82, 2.24) is 9.97 Å². The smallest absolute Gasteiger partial charge is 0.124 e. The van der Waals surface area contributed by atoms with E-state index in [0.717, 1.165) is 5.69 Å². The summed E-state index contributed by atoms with van der Waals surface area (Å²) >= 11 is 0. The van der Waals surface area contributed by atoms with Crippen LogP contribution in [0.1, 0.15) is 28.5 Å². The Bertz CT molecular complexity index is 443. The van der Waals surface area contributed by atoms with Crippen LogP contribution in [-0.2, 0) is 4.74 Å². The summed E-state index contributed by atoms with van der Waals surface area (Å²) in [5.41, 5.74) is 4.68. The van der Waals surface area contributed by atoms with E-state index in [4.69, 9.17) is 4.74 Å². The van der Waals surface area contributed by atoms with Crippen molar-refractivity contribution in [2.24, 2.45) is 0 Å². The van der Waals surface area contributed by atoms with Crippen molar-refractivity contribution in [3.63, 3.8) is 0 Å². The zero-order valence-electron chi connectivity index (χ0n) is 9.82. The van der Waals surface area contributed by atoms with E-state index >= 15 is 0 Å². The number of rotatable bonds is 3. The number of benzene rings is 1. The topological polar surface area (TPSA) is 37.9 Å². The molecule has 0 aliphatic rings. The van der Waals surface area contributed by atoms with Crippen molar-refractivity contribution in [1.29, 1.82) is 0 Å². The second-order valence-corrected chi connectivity index (χ2v) is 3.93. The first-order valence-electron chi connectivity index (χ1n) is 5.31. The lowest BCUT2D eigenvalue weighted by atomic mass is 9.96. The number of nitrogens with one attached hydrogen (secondary N) is 1. The standard InChI is InChI=1S/C13H16N2O/c1-9-5-4-6-10(2)12(9)13(16-3)11-7-14-8-15-11/h4-8,13H,1-3H3,(H,14,15). The molecule has 0 amide bonds. The molecule has 1 unspecified atom stereocenters. The fourth-order valence-corrected chi connectivity index (χ4v) is 2.05. The Morgan fingerprint density at radius 3 is 2.44 bits per heavy atom. The number of aryl methyl sites for hydroxylation is 2. The van der Waals surface area contributed by atoms with Gasteiger partial charge in [-0.05, 0) is 30.5 Å². The van der Waals surface area contributed by atoms with E-state index in [-0.39, 0.29) is 6.10 Å².